The van der Waals surface area contributed by atoms with Crippen LogP contribution < -0.4 is 0 Å². The number of likely N-dealkylation sites (tertiary alicyclic amines) is 1. The molecule has 1 heterocycles. The molecular formula is C19H27N. The summed E-state index contributed by atoms with van der Waals surface area (Å²) in [6.07, 6.45) is 9.55. The molecule has 1 aliphatic rings. The molecule has 0 unspecified atom stereocenters. The van der Waals surface area contributed by atoms with Crippen LogP contribution in [0, 0.1) is 0 Å². The van der Waals surface area contributed by atoms with Gasteiger partial charge >= 0.3 is 0 Å². The van der Waals surface area contributed by atoms with Gasteiger partial charge in [0.2, 0.25) is 0 Å². The average molecular weight is 269 g/mol. The van der Waals surface area contributed by atoms with Crippen LogP contribution in [0.3, 0.4) is 0 Å². The van der Waals surface area contributed by atoms with Crippen LogP contribution in [0.5, 0.6) is 0 Å². The SMILES string of the molecule is CC/C=C1/CCN(Cc2ccccc2)CC/C1=C\CC. The Kier molecular flexibility index (Phi) is 6.07. The maximum Gasteiger partial charge on any atom is 0.0233 e. The number of rotatable bonds is 4. The van der Waals surface area contributed by atoms with Crippen molar-refractivity contribution < 1.29 is 0 Å². The summed E-state index contributed by atoms with van der Waals surface area (Å²) in [5, 5.41) is 0. The summed E-state index contributed by atoms with van der Waals surface area (Å²) in [6, 6.07) is 10.8. The maximum absolute atomic E-state index is 2.59. The van der Waals surface area contributed by atoms with Crippen molar-refractivity contribution in [3.8, 4) is 0 Å². The van der Waals surface area contributed by atoms with Gasteiger partial charge in [-0.05, 0) is 42.4 Å². The largest absolute Gasteiger partial charge is 0.298 e. The highest BCUT2D eigenvalue weighted by molar-refractivity contribution is 5.32. The summed E-state index contributed by atoms with van der Waals surface area (Å²) in [6.45, 7) is 7.93. The predicted molar refractivity (Wildman–Crippen MR) is 87.7 cm³/mol. The second kappa shape index (κ2) is 8.06. The minimum absolute atomic E-state index is 1.08. The van der Waals surface area contributed by atoms with Crippen molar-refractivity contribution in [2.24, 2.45) is 0 Å². The Morgan fingerprint density at radius 2 is 1.45 bits per heavy atom. The molecule has 0 aromatic heterocycles. The lowest BCUT2D eigenvalue weighted by molar-refractivity contribution is 0.281. The molecule has 0 radical (unpaired) electrons. The lowest BCUT2D eigenvalue weighted by Gasteiger charge is -2.19. The first kappa shape index (κ1) is 15.1. The molecule has 1 fully saturated rings. The van der Waals surface area contributed by atoms with Crippen molar-refractivity contribution in [2.45, 2.75) is 46.1 Å². The third kappa shape index (κ3) is 4.35. The molecule has 0 saturated carbocycles. The molecule has 1 aromatic rings. The number of benzene rings is 1. The average Bonchev–Trinajstić information content (AvgIpc) is 2.65. The van der Waals surface area contributed by atoms with E-state index in [9.17, 15) is 0 Å². The highest BCUT2D eigenvalue weighted by Gasteiger charge is 2.15. The van der Waals surface area contributed by atoms with E-state index in [2.05, 4.69) is 61.2 Å². The van der Waals surface area contributed by atoms with Crippen molar-refractivity contribution in [2.75, 3.05) is 13.1 Å². The first-order valence-corrected chi connectivity index (χ1v) is 7.98. The maximum atomic E-state index is 2.59. The molecule has 108 valence electrons. The van der Waals surface area contributed by atoms with Crippen LogP contribution >= 0.6 is 0 Å². The van der Waals surface area contributed by atoms with Gasteiger partial charge in [-0.3, -0.25) is 4.90 Å². The van der Waals surface area contributed by atoms with Gasteiger partial charge in [0.25, 0.3) is 0 Å². The topological polar surface area (TPSA) is 3.24 Å². The van der Waals surface area contributed by atoms with E-state index < -0.39 is 0 Å². The first-order valence-electron chi connectivity index (χ1n) is 7.98. The third-order valence-corrected chi connectivity index (χ3v) is 3.96. The van der Waals surface area contributed by atoms with E-state index in [0.29, 0.717) is 0 Å². The molecule has 0 N–H and O–H groups in total. The summed E-state index contributed by atoms with van der Waals surface area (Å²) >= 11 is 0. The lowest BCUT2D eigenvalue weighted by Crippen LogP contribution is -2.23. The van der Waals surface area contributed by atoms with E-state index in [-0.39, 0.29) is 0 Å². The van der Waals surface area contributed by atoms with Crippen LogP contribution in [0.2, 0.25) is 0 Å². The Morgan fingerprint density at radius 3 is 1.95 bits per heavy atom. The molecule has 1 aromatic carbocycles. The van der Waals surface area contributed by atoms with Gasteiger partial charge in [-0.15, -0.1) is 0 Å². The summed E-state index contributed by atoms with van der Waals surface area (Å²) < 4.78 is 0. The van der Waals surface area contributed by atoms with Crippen molar-refractivity contribution >= 4 is 0 Å². The van der Waals surface area contributed by atoms with Gasteiger partial charge < -0.3 is 0 Å². The molecule has 0 amide bonds. The molecule has 1 heteroatoms. The second-order valence-corrected chi connectivity index (χ2v) is 5.54. The molecule has 0 atom stereocenters. The fraction of sp³-hybridized carbons (Fsp3) is 0.474. The molecule has 1 saturated heterocycles. The van der Waals surface area contributed by atoms with Gasteiger partial charge in [-0.1, -0.05) is 56.3 Å². The van der Waals surface area contributed by atoms with Crippen LogP contribution in [-0.2, 0) is 6.54 Å². The summed E-state index contributed by atoms with van der Waals surface area (Å²) in [5.41, 5.74) is 4.60. The van der Waals surface area contributed by atoms with E-state index in [4.69, 9.17) is 0 Å². The Balaban J connectivity index is 2.03. The molecule has 2 rings (SSSR count). The summed E-state index contributed by atoms with van der Waals surface area (Å²) in [4.78, 5) is 2.59. The van der Waals surface area contributed by atoms with Crippen molar-refractivity contribution in [1.29, 1.82) is 0 Å². The number of hydrogen-bond acceptors (Lipinski definition) is 1. The molecule has 0 aliphatic carbocycles. The standard InChI is InChI=1S/C19H27N/c1-3-8-18-12-14-20(15-13-19(18)9-4-2)16-17-10-6-5-7-11-17/h5-11H,3-4,12-16H2,1-2H3/b18-8-,19-9+. The fourth-order valence-corrected chi connectivity index (χ4v) is 2.95. The Morgan fingerprint density at radius 1 is 0.900 bits per heavy atom. The van der Waals surface area contributed by atoms with Gasteiger partial charge in [0.05, 0.1) is 0 Å². The minimum Gasteiger partial charge on any atom is -0.298 e. The monoisotopic (exact) mass is 269 g/mol. The smallest absolute Gasteiger partial charge is 0.0233 e. The zero-order valence-corrected chi connectivity index (χ0v) is 12.9. The van der Waals surface area contributed by atoms with E-state index in [1.165, 1.54) is 31.5 Å². The molecule has 0 spiro atoms. The van der Waals surface area contributed by atoms with Crippen LogP contribution in [0.1, 0.15) is 45.1 Å². The normalized spacial score (nSPS) is 21.3. The van der Waals surface area contributed by atoms with Gasteiger partial charge in [0, 0.05) is 19.6 Å². The lowest BCUT2D eigenvalue weighted by atomic mass is 9.99. The zero-order chi connectivity index (χ0) is 14.2. The van der Waals surface area contributed by atoms with Crippen LogP contribution in [0.4, 0.5) is 0 Å². The fourth-order valence-electron chi connectivity index (χ4n) is 2.95. The number of hydrogen-bond donors (Lipinski definition) is 0. The van der Waals surface area contributed by atoms with E-state index in [1.807, 2.05) is 0 Å². The molecule has 0 bridgehead atoms. The Bertz CT molecular complexity index is 432. The van der Waals surface area contributed by atoms with Crippen LogP contribution in [-0.4, -0.2) is 18.0 Å². The molecule has 1 aliphatic heterocycles. The predicted octanol–water partition coefficient (Wildman–Crippen LogP) is 4.96. The van der Waals surface area contributed by atoms with E-state index in [0.717, 1.165) is 19.4 Å². The second-order valence-electron chi connectivity index (χ2n) is 5.54. The van der Waals surface area contributed by atoms with Crippen LogP contribution in [0.15, 0.2) is 53.6 Å². The highest BCUT2D eigenvalue weighted by atomic mass is 15.1. The van der Waals surface area contributed by atoms with Crippen molar-refractivity contribution in [1.82, 2.24) is 4.90 Å². The minimum atomic E-state index is 1.08. The van der Waals surface area contributed by atoms with E-state index in [1.54, 1.807) is 11.1 Å². The zero-order valence-electron chi connectivity index (χ0n) is 12.9. The van der Waals surface area contributed by atoms with Crippen molar-refractivity contribution in [3.05, 3.63) is 59.2 Å². The van der Waals surface area contributed by atoms with E-state index >= 15 is 0 Å². The van der Waals surface area contributed by atoms with Gasteiger partial charge in [0.1, 0.15) is 0 Å². The number of allylic oxidation sites excluding steroid dienone is 2. The van der Waals surface area contributed by atoms with Crippen LogP contribution in [0.25, 0.3) is 0 Å². The van der Waals surface area contributed by atoms with Gasteiger partial charge in [-0.2, -0.15) is 0 Å². The van der Waals surface area contributed by atoms with Crippen molar-refractivity contribution in [3.63, 3.8) is 0 Å². The summed E-state index contributed by atoms with van der Waals surface area (Å²) in [5.74, 6) is 0. The molecule has 20 heavy (non-hydrogen) atoms. The van der Waals surface area contributed by atoms with Gasteiger partial charge in [-0.25, -0.2) is 0 Å². The Hall–Kier alpha value is -1.34. The summed E-state index contributed by atoms with van der Waals surface area (Å²) in [7, 11) is 0. The number of nitrogens with zero attached hydrogens (tertiary/aromatic N) is 1. The quantitative estimate of drug-likeness (QED) is 0.747. The van der Waals surface area contributed by atoms with Gasteiger partial charge in [0.15, 0.2) is 0 Å². The third-order valence-electron chi connectivity index (χ3n) is 3.96. The first-order chi connectivity index (χ1) is 9.83. The highest BCUT2D eigenvalue weighted by Crippen LogP contribution is 2.24. The molecule has 1 nitrogen and oxygen atoms in total. The Labute approximate surface area is 124 Å². The molecular weight excluding hydrogens is 242 g/mol.